The molecule has 0 aromatic carbocycles. The zero-order chi connectivity index (χ0) is 9.19. The van der Waals surface area contributed by atoms with Crippen molar-refractivity contribution >= 4 is 11.6 Å². The molecule has 12 heavy (non-hydrogen) atoms. The molecule has 1 aromatic rings. The van der Waals surface area contributed by atoms with Gasteiger partial charge in [0.1, 0.15) is 0 Å². The van der Waals surface area contributed by atoms with Crippen molar-refractivity contribution in [2.24, 2.45) is 0 Å². The molecule has 62 valence electrons. The van der Waals surface area contributed by atoms with E-state index in [0.717, 1.165) is 5.69 Å². The number of nitriles is 1. The smallest absolute Gasteiger partial charge is 0.0937 e. The van der Waals surface area contributed by atoms with E-state index in [1.165, 1.54) is 0 Å². The first-order valence-electron chi connectivity index (χ1n) is 3.59. The highest BCUT2D eigenvalue weighted by atomic mass is 35.5. The van der Waals surface area contributed by atoms with Gasteiger partial charge in [-0.2, -0.15) is 5.26 Å². The standard InChI is InChI=1S/C9H9ClN2/c1-9(2,6-11)8-4-3-7(10)5-12-8/h3-5H,1-2H3. The Hall–Kier alpha value is -1.07. The number of aromatic nitrogens is 1. The Labute approximate surface area is 76.8 Å². The zero-order valence-electron chi connectivity index (χ0n) is 7.00. The van der Waals surface area contributed by atoms with E-state index in [9.17, 15) is 0 Å². The van der Waals surface area contributed by atoms with Crippen LogP contribution in [0.1, 0.15) is 19.5 Å². The van der Waals surface area contributed by atoms with Crippen LogP contribution in [0.4, 0.5) is 0 Å². The van der Waals surface area contributed by atoms with Gasteiger partial charge < -0.3 is 0 Å². The Bertz CT molecular complexity index is 308. The fourth-order valence-corrected chi connectivity index (χ4v) is 0.915. The monoisotopic (exact) mass is 180 g/mol. The van der Waals surface area contributed by atoms with Crippen LogP contribution in [-0.2, 0) is 5.41 Å². The second-order valence-electron chi connectivity index (χ2n) is 3.10. The summed E-state index contributed by atoms with van der Waals surface area (Å²) >= 11 is 5.66. The molecule has 0 saturated heterocycles. The topological polar surface area (TPSA) is 36.7 Å². The maximum atomic E-state index is 8.79. The summed E-state index contributed by atoms with van der Waals surface area (Å²) in [6.07, 6.45) is 1.55. The Kier molecular flexibility index (Phi) is 2.35. The van der Waals surface area contributed by atoms with Gasteiger partial charge in [0.05, 0.1) is 22.2 Å². The summed E-state index contributed by atoms with van der Waals surface area (Å²) in [7, 11) is 0. The zero-order valence-corrected chi connectivity index (χ0v) is 7.76. The lowest BCUT2D eigenvalue weighted by Crippen LogP contribution is -2.15. The van der Waals surface area contributed by atoms with Crippen molar-refractivity contribution in [3.05, 3.63) is 29.0 Å². The maximum Gasteiger partial charge on any atom is 0.0937 e. The third kappa shape index (κ3) is 1.75. The first-order valence-corrected chi connectivity index (χ1v) is 3.97. The molecule has 0 amide bonds. The molecular formula is C9H9ClN2. The van der Waals surface area contributed by atoms with E-state index in [-0.39, 0.29) is 0 Å². The summed E-state index contributed by atoms with van der Waals surface area (Å²) in [4.78, 5) is 4.07. The first-order chi connectivity index (χ1) is 5.56. The predicted octanol–water partition coefficient (Wildman–Crippen LogP) is 2.54. The first kappa shape index (κ1) is 9.02. The van der Waals surface area contributed by atoms with Crippen LogP contribution in [0, 0.1) is 11.3 Å². The van der Waals surface area contributed by atoms with Crippen LogP contribution in [0.25, 0.3) is 0 Å². The number of hydrogen-bond donors (Lipinski definition) is 0. The number of rotatable bonds is 1. The Morgan fingerprint density at radius 1 is 1.50 bits per heavy atom. The molecule has 0 unspecified atom stereocenters. The largest absolute Gasteiger partial charge is 0.258 e. The van der Waals surface area contributed by atoms with Gasteiger partial charge in [-0.1, -0.05) is 11.6 Å². The van der Waals surface area contributed by atoms with Gasteiger partial charge in [-0.15, -0.1) is 0 Å². The molecule has 0 aliphatic carbocycles. The van der Waals surface area contributed by atoms with Crippen LogP contribution in [0.2, 0.25) is 5.02 Å². The Morgan fingerprint density at radius 2 is 2.17 bits per heavy atom. The lowest BCUT2D eigenvalue weighted by Gasteiger charge is -2.13. The molecule has 0 radical (unpaired) electrons. The average Bonchev–Trinajstić information content (AvgIpc) is 2.05. The molecule has 1 aromatic heterocycles. The quantitative estimate of drug-likeness (QED) is 0.666. The van der Waals surface area contributed by atoms with E-state index in [2.05, 4.69) is 11.1 Å². The van der Waals surface area contributed by atoms with E-state index in [4.69, 9.17) is 16.9 Å². The van der Waals surface area contributed by atoms with Crippen LogP contribution in [-0.4, -0.2) is 4.98 Å². The van der Waals surface area contributed by atoms with Gasteiger partial charge in [0.25, 0.3) is 0 Å². The molecule has 0 N–H and O–H groups in total. The lowest BCUT2D eigenvalue weighted by molar-refractivity contribution is 0.659. The summed E-state index contributed by atoms with van der Waals surface area (Å²) in [5, 5.41) is 9.38. The van der Waals surface area contributed by atoms with Crippen molar-refractivity contribution in [3.63, 3.8) is 0 Å². The molecule has 1 heterocycles. The highest BCUT2D eigenvalue weighted by Gasteiger charge is 2.20. The molecule has 0 saturated carbocycles. The molecule has 0 aliphatic heterocycles. The third-order valence-corrected chi connectivity index (χ3v) is 1.87. The molecule has 0 spiro atoms. The maximum absolute atomic E-state index is 8.79. The molecule has 0 fully saturated rings. The van der Waals surface area contributed by atoms with Crippen molar-refractivity contribution in [2.45, 2.75) is 19.3 Å². The van der Waals surface area contributed by atoms with E-state index in [1.807, 2.05) is 13.8 Å². The van der Waals surface area contributed by atoms with Crippen LogP contribution in [0.3, 0.4) is 0 Å². The summed E-state index contributed by atoms with van der Waals surface area (Å²) < 4.78 is 0. The molecule has 1 rings (SSSR count). The van der Waals surface area contributed by atoms with E-state index in [0.29, 0.717) is 5.02 Å². The van der Waals surface area contributed by atoms with Crippen LogP contribution in [0.15, 0.2) is 18.3 Å². The minimum absolute atomic E-state index is 0.537. The highest BCUT2D eigenvalue weighted by molar-refractivity contribution is 6.30. The van der Waals surface area contributed by atoms with E-state index < -0.39 is 5.41 Å². The second kappa shape index (κ2) is 3.12. The molecule has 0 aliphatic rings. The van der Waals surface area contributed by atoms with E-state index >= 15 is 0 Å². The van der Waals surface area contributed by atoms with Gasteiger partial charge in [0, 0.05) is 6.20 Å². The number of nitrogens with zero attached hydrogens (tertiary/aromatic N) is 2. The van der Waals surface area contributed by atoms with Gasteiger partial charge in [-0.25, -0.2) is 0 Å². The summed E-state index contributed by atoms with van der Waals surface area (Å²) in [6, 6.07) is 5.68. The molecule has 2 nitrogen and oxygen atoms in total. The minimum atomic E-state index is -0.537. The minimum Gasteiger partial charge on any atom is -0.258 e. The van der Waals surface area contributed by atoms with E-state index in [1.54, 1.807) is 18.3 Å². The van der Waals surface area contributed by atoms with Crippen molar-refractivity contribution in [2.75, 3.05) is 0 Å². The molecule has 3 heteroatoms. The second-order valence-corrected chi connectivity index (χ2v) is 3.53. The van der Waals surface area contributed by atoms with Crippen LogP contribution >= 0.6 is 11.6 Å². The molecular weight excluding hydrogens is 172 g/mol. The number of halogens is 1. The van der Waals surface area contributed by atoms with Crippen molar-refractivity contribution in [1.29, 1.82) is 5.26 Å². The van der Waals surface area contributed by atoms with Crippen molar-refractivity contribution in [3.8, 4) is 6.07 Å². The number of hydrogen-bond acceptors (Lipinski definition) is 2. The average molecular weight is 181 g/mol. The van der Waals surface area contributed by atoms with Crippen molar-refractivity contribution in [1.82, 2.24) is 4.98 Å². The van der Waals surface area contributed by atoms with Gasteiger partial charge in [0.15, 0.2) is 0 Å². The summed E-state index contributed by atoms with van der Waals surface area (Å²) in [6.45, 7) is 3.65. The summed E-state index contributed by atoms with van der Waals surface area (Å²) in [5.41, 5.74) is 0.208. The third-order valence-electron chi connectivity index (χ3n) is 1.65. The molecule has 0 atom stereocenters. The van der Waals surface area contributed by atoms with Gasteiger partial charge in [-0.3, -0.25) is 4.98 Å². The Morgan fingerprint density at radius 3 is 2.58 bits per heavy atom. The lowest BCUT2D eigenvalue weighted by atomic mass is 9.91. The van der Waals surface area contributed by atoms with Gasteiger partial charge in [0.2, 0.25) is 0 Å². The van der Waals surface area contributed by atoms with Crippen LogP contribution < -0.4 is 0 Å². The predicted molar refractivity (Wildman–Crippen MR) is 47.9 cm³/mol. The number of pyridine rings is 1. The van der Waals surface area contributed by atoms with Crippen molar-refractivity contribution < 1.29 is 0 Å². The fraction of sp³-hybridized carbons (Fsp3) is 0.333. The van der Waals surface area contributed by atoms with Gasteiger partial charge in [-0.05, 0) is 26.0 Å². The van der Waals surface area contributed by atoms with Crippen LogP contribution in [0.5, 0.6) is 0 Å². The normalized spacial score (nSPS) is 10.8. The molecule has 0 bridgehead atoms. The van der Waals surface area contributed by atoms with Gasteiger partial charge >= 0.3 is 0 Å². The highest BCUT2D eigenvalue weighted by Crippen LogP contribution is 2.20. The fourth-order valence-electron chi connectivity index (χ4n) is 0.803. The Balaban J connectivity index is 3.07. The summed E-state index contributed by atoms with van der Waals surface area (Å²) in [5.74, 6) is 0. The SMILES string of the molecule is CC(C)(C#N)c1ccc(Cl)cn1.